The van der Waals surface area contributed by atoms with E-state index in [1.165, 1.54) is 0 Å². The molecule has 0 rings (SSSR count). The van der Waals surface area contributed by atoms with Gasteiger partial charge in [0.15, 0.2) is 0 Å². The number of thioether (sulfide) groups is 1. The highest BCUT2D eigenvalue weighted by Crippen LogP contribution is 2.18. The standard InChI is InChI=1S/C16H32N2O2S2/c1-8-12(4)13(17-14(19)20-16(5,6)7)11-22-15(21)18(9-2)10-3/h12-13H,8-11H2,1-7H3,(H,17,19)/t12-,13+/m0/s1. The first-order valence-corrected chi connectivity index (χ1v) is 9.45. The molecule has 0 aromatic carbocycles. The topological polar surface area (TPSA) is 41.6 Å². The normalized spacial score (nSPS) is 14.1. The summed E-state index contributed by atoms with van der Waals surface area (Å²) in [7, 11) is 0. The molecule has 0 fully saturated rings. The molecule has 0 aliphatic heterocycles. The number of nitrogens with zero attached hydrogens (tertiary/aromatic N) is 1. The number of rotatable bonds is 7. The molecule has 130 valence electrons. The predicted molar refractivity (Wildman–Crippen MR) is 101 cm³/mol. The summed E-state index contributed by atoms with van der Waals surface area (Å²) in [6, 6.07) is 0.0540. The van der Waals surface area contributed by atoms with Gasteiger partial charge in [0.05, 0.1) is 0 Å². The van der Waals surface area contributed by atoms with Crippen molar-refractivity contribution in [1.82, 2.24) is 10.2 Å². The third-order valence-electron chi connectivity index (χ3n) is 3.44. The van der Waals surface area contributed by atoms with Crippen molar-refractivity contribution >= 4 is 34.4 Å². The molecule has 22 heavy (non-hydrogen) atoms. The SMILES string of the molecule is CC[C@H](C)[C@@H](CSC(=S)N(CC)CC)NC(=O)OC(C)(C)C. The van der Waals surface area contributed by atoms with Crippen molar-refractivity contribution in [1.29, 1.82) is 0 Å². The summed E-state index contributed by atoms with van der Waals surface area (Å²) in [5.74, 6) is 1.14. The largest absolute Gasteiger partial charge is 0.444 e. The molecule has 0 unspecified atom stereocenters. The Labute approximate surface area is 145 Å². The Morgan fingerprint density at radius 1 is 1.27 bits per heavy atom. The fraction of sp³-hybridized carbons (Fsp3) is 0.875. The lowest BCUT2D eigenvalue weighted by molar-refractivity contribution is 0.0495. The van der Waals surface area contributed by atoms with E-state index in [9.17, 15) is 4.79 Å². The molecule has 0 saturated heterocycles. The molecule has 0 aromatic heterocycles. The molecule has 0 heterocycles. The van der Waals surface area contributed by atoms with Crippen molar-refractivity contribution in [3.8, 4) is 0 Å². The molecule has 0 aromatic rings. The van der Waals surface area contributed by atoms with Crippen molar-refractivity contribution in [3.63, 3.8) is 0 Å². The van der Waals surface area contributed by atoms with E-state index in [0.29, 0.717) is 5.92 Å². The van der Waals surface area contributed by atoms with E-state index in [2.05, 4.69) is 37.9 Å². The fourth-order valence-electron chi connectivity index (χ4n) is 1.83. The predicted octanol–water partition coefficient (Wildman–Crippen LogP) is 4.29. The average Bonchev–Trinajstić information content (AvgIpc) is 2.41. The summed E-state index contributed by atoms with van der Waals surface area (Å²) in [5.41, 5.74) is -0.478. The van der Waals surface area contributed by atoms with E-state index in [1.54, 1.807) is 11.8 Å². The molecule has 2 atom stereocenters. The van der Waals surface area contributed by atoms with Gasteiger partial charge in [-0.2, -0.15) is 0 Å². The van der Waals surface area contributed by atoms with E-state index in [0.717, 1.165) is 29.6 Å². The molecule has 1 amide bonds. The van der Waals surface area contributed by atoms with Gasteiger partial charge in [0.2, 0.25) is 0 Å². The molecule has 0 aliphatic carbocycles. The minimum absolute atomic E-state index is 0.0540. The molecule has 0 aliphatic rings. The van der Waals surface area contributed by atoms with Gasteiger partial charge < -0.3 is 15.0 Å². The van der Waals surface area contributed by atoms with Crippen LogP contribution >= 0.6 is 24.0 Å². The zero-order chi connectivity index (χ0) is 17.3. The Bertz CT molecular complexity index is 353. The van der Waals surface area contributed by atoms with Crippen LogP contribution in [0.2, 0.25) is 0 Å². The van der Waals surface area contributed by atoms with Gasteiger partial charge in [0.1, 0.15) is 9.92 Å². The number of hydrogen-bond acceptors (Lipinski definition) is 4. The minimum atomic E-state index is -0.478. The summed E-state index contributed by atoms with van der Waals surface area (Å²) < 4.78 is 6.25. The highest BCUT2D eigenvalue weighted by molar-refractivity contribution is 8.22. The van der Waals surface area contributed by atoms with Gasteiger partial charge >= 0.3 is 6.09 Å². The smallest absolute Gasteiger partial charge is 0.407 e. The second kappa shape index (κ2) is 10.3. The van der Waals surface area contributed by atoms with Crippen molar-refractivity contribution in [3.05, 3.63) is 0 Å². The van der Waals surface area contributed by atoms with E-state index in [1.807, 2.05) is 20.8 Å². The van der Waals surface area contributed by atoms with Crippen LogP contribution in [0.25, 0.3) is 0 Å². The maximum atomic E-state index is 12.0. The number of carbonyl (C=O) groups excluding carboxylic acids is 1. The Kier molecular flexibility index (Phi) is 10.1. The summed E-state index contributed by atoms with van der Waals surface area (Å²) in [4.78, 5) is 14.1. The van der Waals surface area contributed by atoms with Gasteiger partial charge in [-0.25, -0.2) is 4.79 Å². The quantitative estimate of drug-likeness (QED) is 0.695. The van der Waals surface area contributed by atoms with Gasteiger partial charge in [0.25, 0.3) is 0 Å². The van der Waals surface area contributed by atoms with Crippen LogP contribution in [0.15, 0.2) is 0 Å². The van der Waals surface area contributed by atoms with Crippen LogP contribution in [0.3, 0.4) is 0 Å². The zero-order valence-corrected chi connectivity index (χ0v) is 16.7. The second-order valence-electron chi connectivity index (χ2n) is 6.39. The molecule has 0 saturated carbocycles. The van der Waals surface area contributed by atoms with Crippen LogP contribution in [0.5, 0.6) is 0 Å². The van der Waals surface area contributed by atoms with Crippen LogP contribution in [-0.4, -0.2) is 45.8 Å². The molecule has 4 nitrogen and oxygen atoms in total. The van der Waals surface area contributed by atoms with Crippen LogP contribution in [-0.2, 0) is 4.74 Å². The first-order chi connectivity index (χ1) is 10.1. The number of thiocarbonyl (C=S) groups is 1. The maximum absolute atomic E-state index is 12.0. The van der Waals surface area contributed by atoms with E-state index < -0.39 is 5.60 Å². The Hall–Kier alpha value is -0.490. The highest BCUT2D eigenvalue weighted by Gasteiger charge is 2.23. The summed E-state index contributed by atoms with van der Waals surface area (Å²) in [6.45, 7) is 15.9. The van der Waals surface area contributed by atoms with Crippen LogP contribution in [0.1, 0.15) is 54.9 Å². The summed E-state index contributed by atoms with van der Waals surface area (Å²) in [5, 5.41) is 2.99. The molecular weight excluding hydrogens is 316 g/mol. The molecule has 6 heteroatoms. The number of hydrogen-bond donors (Lipinski definition) is 1. The van der Waals surface area contributed by atoms with Crippen molar-refractivity contribution in [2.45, 2.75) is 66.5 Å². The van der Waals surface area contributed by atoms with E-state index in [4.69, 9.17) is 17.0 Å². The molecule has 0 spiro atoms. The van der Waals surface area contributed by atoms with Crippen LogP contribution in [0.4, 0.5) is 4.79 Å². The van der Waals surface area contributed by atoms with Crippen LogP contribution in [0, 0.1) is 5.92 Å². The van der Waals surface area contributed by atoms with Crippen molar-refractivity contribution < 1.29 is 9.53 Å². The lowest BCUT2D eigenvalue weighted by Gasteiger charge is -2.28. The maximum Gasteiger partial charge on any atom is 0.407 e. The highest BCUT2D eigenvalue weighted by atomic mass is 32.2. The monoisotopic (exact) mass is 348 g/mol. The number of alkyl carbamates (subject to hydrolysis) is 1. The first-order valence-electron chi connectivity index (χ1n) is 8.05. The van der Waals surface area contributed by atoms with Gasteiger partial charge in [-0.1, -0.05) is 44.2 Å². The Balaban J connectivity index is 4.60. The molecule has 0 radical (unpaired) electrons. The van der Waals surface area contributed by atoms with E-state index in [-0.39, 0.29) is 12.1 Å². The van der Waals surface area contributed by atoms with Gasteiger partial charge in [-0.3, -0.25) is 0 Å². The fourth-order valence-corrected chi connectivity index (χ4v) is 3.46. The number of ether oxygens (including phenoxy) is 1. The van der Waals surface area contributed by atoms with Gasteiger partial charge in [-0.15, -0.1) is 0 Å². The lowest BCUT2D eigenvalue weighted by Crippen LogP contribution is -2.44. The number of nitrogens with one attached hydrogen (secondary N) is 1. The lowest BCUT2D eigenvalue weighted by atomic mass is 10.0. The zero-order valence-electron chi connectivity index (χ0n) is 15.1. The average molecular weight is 349 g/mol. The summed E-state index contributed by atoms with van der Waals surface area (Å²) in [6.07, 6.45) is 0.645. The molecule has 0 bridgehead atoms. The van der Waals surface area contributed by atoms with Gasteiger partial charge in [-0.05, 0) is 40.5 Å². The Morgan fingerprint density at radius 2 is 1.82 bits per heavy atom. The summed E-state index contributed by atoms with van der Waals surface area (Å²) >= 11 is 7.09. The number of amides is 1. The Morgan fingerprint density at radius 3 is 2.23 bits per heavy atom. The van der Waals surface area contributed by atoms with Crippen molar-refractivity contribution in [2.24, 2.45) is 5.92 Å². The third-order valence-corrected chi connectivity index (χ3v) is 5.08. The van der Waals surface area contributed by atoms with Gasteiger partial charge in [0, 0.05) is 24.9 Å². The first kappa shape index (κ1) is 21.5. The molecule has 1 N–H and O–H groups in total. The van der Waals surface area contributed by atoms with E-state index >= 15 is 0 Å². The third kappa shape index (κ3) is 8.83. The number of carbonyl (C=O) groups is 1. The molecular formula is C16H32N2O2S2. The van der Waals surface area contributed by atoms with Crippen molar-refractivity contribution in [2.75, 3.05) is 18.8 Å². The minimum Gasteiger partial charge on any atom is -0.444 e. The second-order valence-corrected chi connectivity index (χ2v) is 8.04. The van der Waals surface area contributed by atoms with Crippen LogP contribution < -0.4 is 5.32 Å².